The Morgan fingerprint density at radius 2 is 1.59 bits per heavy atom. The van der Waals surface area contributed by atoms with Crippen LogP contribution in [0.15, 0.2) is 42.5 Å². The van der Waals surface area contributed by atoms with Crippen molar-refractivity contribution in [1.82, 2.24) is 9.80 Å². The summed E-state index contributed by atoms with van der Waals surface area (Å²) in [5.41, 5.74) is -0.261. The Hall–Kier alpha value is -3.23. The number of ether oxygens (including phenoxy) is 2. The lowest BCUT2D eigenvalue weighted by molar-refractivity contribution is -0.138. The molecule has 1 aliphatic carbocycles. The Morgan fingerprint density at radius 3 is 2.34 bits per heavy atom. The first-order valence-corrected chi connectivity index (χ1v) is 10.5. The number of nitrogens with zero attached hydrogens (tertiary/aromatic N) is 2. The second-order valence-electron chi connectivity index (χ2n) is 8.22. The fourth-order valence-electron chi connectivity index (χ4n) is 4.43. The molecule has 2 aromatic carbocycles. The van der Waals surface area contributed by atoms with Crippen LogP contribution in [0, 0.1) is 5.92 Å². The van der Waals surface area contributed by atoms with Crippen molar-refractivity contribution in [1.29, 1.82) is 0 Å². The van der Waals surface area contributed by atoms with E-state index in [-0.39, 0.29) is 43.2 Å². The van der Waals surface area contributed by atoms with Crippen molar-refractivity contribution >= 4 is 11.8 Å². The van der Waals surface area contributed by atoms with Gasteiger partial charge in [0.2, 0.25) is 12.7 Å². The molecule has 2 aromatic rings. The quantitative estimate of drug-likeness (QED) is 0.724. The molecule has 2 heterocycles. The van der Waals surface area contributed by atoms with E-state index < -0.39 is 17.6 Å². The predicted molar refractivity (Wildman–Crippen MR) is 107 cm³/mol. The minimum atomic E-state index is -4.60. The van der Waals surface area contributed by atoms with E-state index in [4.69, 9.17) is 9.47 Å². The van der Waals surface area contributed by atoms with Crippen LogP contribution < -0.4 is 9.47 Å². The van der Waals surface area contributed by atoms with Crippen LogP contribution in [-0.2, 0) is 11.0 Å². The molecule has 32 heavy (non-hydrogen) atoms. The lowest BCUT2D eigenvalue weighted by Gasteiger charge is -2.35. The maximum atomic E-state index is 13.3. The number of rotatable bonds is 3. The molecular formula is C23H21F3N2O4. The molecular weight excluding hydrogens is 425 g/mol. The second kappa shape index (κ2) is 7.72. The summed E-state index contributed by atoms with van der Waals surface area (Å²) < 4.78 is 50.5. The Kier molecular flexibility index (Phi) is 4.98. The number of halogens is 3. The maximum Gasteiger partial charge on any atom is 0.417 e. The van der Waals surface area contributed by atoms with Gasteiger partial charge in [-0.15, -0.1) is 0 Å². The highest BCUT2D eigenvalue weighted by Crippen LogP contribution is 2.50. The minimum Gasteiger partial charge on any atom is -0.454 e. The van der Waals surface area contributed by atoms with Gasteiger partial charge in [-0.2, -0.15) is 13.2 Å². The maximum absolute atomic E-state index is 13.3. The van der Waals surface area contributed by atoms with Crippen molar-refractivity contribution in [3.05, 3.63) is 59.2 Å². The zero-order valence-corrected chi connectivity index (χ0v) is 17.1. The van der Waals surface area contributed by atoms with Gasteiger partial charge < -0.3 is 19.3 Å². The van der Waals surface area contributed by atoms with Crippen LogP contribution >= 0.6 is 0 Å². The highest BCUT2D eigenvalue weighted by molar-refractivity contribution is 5.96. The molecule has 0 spiro atoms. The number of carbonyl (C=O) groups excluding carboxylic acids is 2. The summed E-state index contributed by atoms with van der Waals surface area (Å²) in [6.45, 7) is 1.23. The van der Waals surface area contributed by atoms with Gasteiger partial charge in [0.15, 0.2) is 11.5 Å². The molecule has 0 N–H and O–H groups in total. The topological polar surface area (TPSA) is 59.1 Å². The summed E-state index contributed by atoms with van der Waals surface area (Å²) >= 11 is 0. The molecule has 1 saturated carbocycles. The fraction of sp³-hybridized carbons (Fsp3) is 0.391. The van der Waals surface area contributed by atoms with E-state index >= 15 is 0 Å². The molecule has 0 radical (unpaired) electrons. The normalized spacial score (nSPS) is 22.1. The van der Waals surface area contributed by atoms with Crippen LogP contribution in [0.25, 0.3) is 0 Å². The molecule has 6 nitrogen and oxygen atoms in total. The standard InChI is InChI=1S/C23H21F3N2O4/c24-23(25,26)18-4-2-1-3-15(18)21(29)27-7-9-28(10-8-27)22(30)17-12-16(17)14-5-6-19-20(11-14)32-13-31-19/h1-6,11,16-17H,7-10,12-13H2/t16-,17+/m1/s1. The van der Waals surface area contributed by atoms with E-state index in [1.165, 1.54) is 23.1 Å². The van der Waals surface area contributed by atoms with E-state index in [1.807, 2.05) is 18.2 Å². The lowest BCUT2D eigenvalue weighted by atomic mass is 10.1. The number of amides is 2. The van der Waals surface area contributed by atoms with Crippen molar-refractivity contribution in [3.63, 3.8) is 0 Å². The van der Waals surface area contributed by atoms with Crippen molar-refractivity contribution in [2.75, 3.05) is 33.0 Å². The van der Waals surface area contributed by atoms with Crippen molar-refractivity contribution in [2.45, 2.75) is 18.5 Å². The first-order valence-electron chi connectivity index (χ1n) is 10.5. The molecule has 0 aromatic heterocycles. The highest BCUT2D eigenvalue weighted by atomic mass is 19.4. The second-order valence-corrected chi connectivity index (χ2v) is 8.22. The number of hydrogen-bond donors (Lipinski definition) is 0. The van der Waals surface area contributed by atoms with Gasteiger partial charge in [0.1, 0.15) is 0 Å². The molecule has 0 unspecified atom stereocenters. The molecule has 3 aliphatic rings. The molecule has 0 bridgehead atoms. The average Bonchev–Trinajstić information content (AvgIpc) is 3.46. The van der Waals surface area contributed by atoms with E-state index in [9.17, 15) is 22.8 Å². The Morgan fingerprint density at radius 1 is 0.906 bits per heavy atom. The first-order chi connectivity index (χ1) is 15.3. The van der Waals surface area contributed by atoms with E-state index in [1.54, 1.807) is 4.90 Å². The summed E-state index contributed by atoms with van der Waals surface area (Å²) in [6.07, 6.45) is -3.85. The van der Waals surface area contributed by atoms with Crippen molar-refractivity contribution < 1.29 is 32.2 Å². The van der Waals surface area contributed by atoms with Crippen LogP contribution in [-0.4, -0.2) is 54.6 Å². The van der Waals surface area contributed by atoms with Crippen LogP contribution in [0.5, 0.6) is 11.5 Å². The minimum absolute atomic E-state index is 0.0236. The van der Waals surface area contributed by atoms with E-state index in [2.05, 4.69) is 0 Å². The van der Waals surface area contributed by atoms with Gasteiger partial charge >= 0.3 is 6.18 Å². The van der Waals surface area contributed by atoms with Crippen LogP contribution in [0.1, 0.15) is 33.8 Å². The summed E-state index contributed by atoms with van der Waals surface area (Å²) in [6, 6.07) is 10.5. The third-order valence-electron chi connectivity index (χ3n) is 6.27. The third kappa shape index (κ3) is 3.76. The number of benzene rings is 2. The molecule has 2 atom stereocenters. The Balaban J connectivity index is 1.20. The smallest absolute Gasteiger partial charge is 0.417 e. The Bertz CT molecular complexity index is 1060. The summed E-state index contributed by atoms with van der Waals surface area (Å²) in [7, 11) is 0. The van der Waals surface area contributed by atoms with Crippen molar-refractivity contribution in [2.24, 2.45) is 5.92 Å². The number of piperazine rings is 1. The number of fused-ring (bicyclic) bond motifs is 1. The number of carbonyl (C=O) groups is 2. The molecule has 2 fully saturated rings. The van der Waals surface area contributed by atoms with Gasteiger partial charge in [0, 0.05) is 32.1 Å². The summed E-state index contributed by atoms with van der Waals surface area (Å²) in [5.74, 6) is 0.751. The molecule has 2 aliphatic heterocycles. The van der Waals surface area contributed by atoms with Gasteiger partial charge in [-0.25, -0.2) is 0 Å². The molecule has 168 valence electrons. The zero-order chi connectivity index (χ0) is 22.5. The fourth-order valence-corrected chi connectivity index (χ4v) is 4.43. The van der Waals surface area contributed by atoms with E-state index in [0.29, 0.717) is 24.6 Å². The molecule has 9 heteroatoms. The van der Waals surface area contributed by atoms with Gasteiger partial charge in [-0.05, 0) is 42.2 Å². The summed E-state index contributed by atoms with van der Waals surface area (Å²) in [4.78, 5) is 28.7. The van der Waals surface area contributed by atoms with E-state index in [0.717, 1.165) is 18.1 Å². The van der Waals surface area contributed by atoms with Crippen molar-refractivity contribution in [3.8, 4) is 11.5 Å². The number of alkyl halides is 3. The zero-order valence-electron chi connectivity index (χ0n) is 17.1. The average molecular weight is 446 g/mol. The van der Waals surface area contributed by atoms with Gasteiger partial charge in [0.25, 0.3) is 5.91 Å². The third-order valence-corrected chi connectivity index (χ3v) is 6.27. The van der Waals surface area contributed by atoms with Gasteiger partial charge in [0.05, 0.1) is 11.1 Å². The molecule has 5 rings (SSSR count). The van der Waals surface area contributed by atoms with Crippen LogP contribution in [0.4, 0.5) is 13.2 Å². The van der Waals surface area contributed by atoms with Gasteiger partial charge in [-0.3, -0.25) is 9.59 Å². The highest BCUT2D eigenvalue weighted by Gasteiger charge is 2.46. The van der Waals surface area contributed by atoms with Crippen LogP contribution in [0.2, 0.25) is 0 Å². The molecule has 1 saturated heterocycles. The SMILES string of the molecule is O=C(c1ccccc1C(F)(F)F)N1CCN(C(=O)[C@H]2C[C@@H]2c2ccc3c(c2)OCO3)CC1. The number of hydrogen-bond acceptors (Lipinski definition) is 4. The predicted octanol–water partition coefficient (Wildman–Crippen LogP) is 3.52. The summed E-state index contributed by atoms with van der Waals surface area (Å²) in [5, 5.41) is 0. The first kappa shape index (κ1) is 20.7. The Labute approximate surface area is 182 Å². The monoisotopic (exact) mass is 446 g/mol. The van der Waals surface area contributed by atoms with Gasteiger partial charge in [-0.1, -0.05) is 18.2 Å². The largest absolute Gasteiger partial charge is 0.454 e. The molecule has 2 amide bonds. The van der Waals surface area contributed by atoms with Crippen LogP contribution in [0.3, 0.4) is 0 Å². The lowest BCUT2D eigenvalue weighted by Crippen LogP contribution is -2.51.